The number of aromatic nitrogens is 1. The Hall–Kier alpha value is -2.50. The maximum Gasteiger partial charge on any atom is 0.268 e. The summed E-state index contributed by atoms with van der Waals surface area (Å²) in [5, 5.41) is 0.815. The van der Waals surface area contributed by atoms with Gasteiger partial charge in [-0.2, -0.15) is 0 Å². The molecule has 0 radical (unpaired) electrons. The predicted molar refractivity (Wildman–Crippen MR) is 145 cm³/mol. The third-order valence-electron chi connectivity index (χ3n) is 6.77. The average Bonchev–Trinajstić information content (AvgIpc) is 3.13. The topological polar surface area (TPSA) is 76.5 Å². The molecule has 2 aromatic carbocycles. The molecule has 2 heterocycles. The Morgan fingerprint density at radius 1 is 0.886 bits per heavy atom. The first-order chi connectivity index (χ1) is 16.2. The molecule has 1 saturated heterocycles. The number of hydrogen-bond donors (Lipinski definition) is 0. The number of carbonyl (C=O) groups is 2. The van der Waals surface area contributed by atoms with E-state index in [0.717, 1.165) is 5.39 Å². The van der Waals surface area contributed by atoms with Crippen LogP contribution in [-0.2, 0) is 19.6 Å². The summed E-state index contributed by atoms with van der Waals surface area (Å²) in [5.41, 5.74) is 1.03. The second-order valence-electron chi connectivity index (χ2n) is 11.6. The van der Waals surface area contributed by atoms with E-state index in [1.54, 1.807) is 36.4 Å². The van der Waals surface area contributed by atoms with Crippen LogP contribution in [0.25, 0.3) is 10.9 Å². The Kier molecular flexibility index (Phi) is 6.26. The van der Waals surface area contributed by atoms with Crippen LogP contribution in [0, 0.1) is 5.92 Å². The molecule has 6 nitrogen and oxygen atoms in total. The first-order valence-corrected chi connectivity index (χ1v) is 20.5. The highest BCUT2D eigenvalue weighted by atomic mass is 32.2. The van der Waals surface area contributed by atoms with E-state index in [1.807, 2.05) is 29.2 Å². The van der Waals surface area contributed by atoms with Crippen molar-refractivity contribution < 1.29 is 18.0 Å². The van der Waals surface area contributed by atoms with Crippen LogP contribution in [0.1, 0.15) is 18.7 Å². The zero-order valence-corrected chi connectivity index (χ0v) is 24.3. The number of ketones is 1. The molecule has 9 heteroatoms. The van der Waals surface area contributed by atoms with Crippen molar-refractivity contribution in [1.29, 1.82) is 0 Å². The van der Waals surface area contributed by atoms with Crippen LogP contribution in [-0.4, -0.2) is 50.4 Å². The summed E-state index contributed by atoms with van der Waals surface area (Å²) in [6, 6.07) is 16.9. The number of benzene rings is 2. The summed E-state index contributed by atoms with van der Waals surface area (Å²) in [6.07, 6.45) is 0. The van der Waals surface area contributed by atoms with Gasteiger partial charge in [0.1, 0.15) is 11.7 Å². The number of rotatable bonds is 7. The number of β-lactam (4-membered cyclic amide) rings is 1. The monoisotopic (exact) mass is 526 g/mol. The summed E-state index contributed by atoms with van der Waals surface area (Å²) in [5.74, 6) is -1.28. The van der Waals surface area contributed by atoms with E-state index in [0.29, 0.717) is 11.2 Å². The lowest BCUT2D eigenvalue weighted by Crippen LogP contribution is -2.72. The SMILES string of the molecule is CC(=O)[C@@H]1C(=O)N(C([Si](C)(C)C)[Si](C)(C)C)[C@H]1c1cc2ccccc2n1S(=O)(=O)c1ccccc1. The molecule has 2 atom stereocenters. The minimum atomic E-state index is -3.97. The second-order valence-corrected chi connectivity index (χ2v) is 24.5. The first-order valence-electron chi connectivity index (χ1n) is 11.9. The van der Waals surface area contributed by atoms with Gasteiger partial charge in [-0.15, -0.1) is 0 Å². The number of amides is 1. The maximum absolute atomic E-state index is 14.0. The fourth-order valence-electron chi connectivity index (χ4n) is 5.97. The maximum atomic E-state index is 14.0. The number of carbonyl (C=O) groups excluding carboxylic acids is 2. The van der Waals surface area contributed by atoms with Gasteiger partial charge in [0.15, 0.2) is 0 Å². The Morgan fingerprint density at radius 2 is 1.43 bits per heavy atom. The molecular weight excluding hydrogens is 493 g/mol. The molecule has 0 aliphatic carbocycles. The van der Waals surface area contributed by atoms with Gasteiger partial charge >= 0.3 is 0 Å². The Labute approximate surface area is 210 Å². The smallest absolute Gasteiger partial charge is 0.268 e. The quantitative estimate of drug-likeness (QED) is 0.244. The summed E-state index contributed by atoms with van der Waals surface area (Å²) in [6.45, 7) is 14.9. The third kappa shape index (κ3) is 4.23. The number of para-hydroxylation sites is 1. The predicted octanol–water partition coefficient (Wildman–Crippen LogP) is 5.09. The molecule has 4 rings (SSSR count). The van der Waals surface area contributed by atoms with E-state index >= 15 is 0 Å². The third-order valence-corrected chi connectivity index (χ3v) is 17.6. The van der Waals surface area contributed by atoms with Crippen molar-refractivity contribution in [3.63, 3.8) is 0 Å². The van der Waals surface area contributed by atoms with E-state index in [2.05, 4.69) is 39.3 Å². The number of likely N-dealkylation sites (tertiary alicyclic amines) is 1. The lowest BCUT2D eigenvalue weighted by molar-refractivity contribution is -0.161. The normalized spacial score (nSPS) is 19.3. The van der Waals surface area contributed by atoms with E-state index in [4.69, 9.17) is 0 Å². The zero-order chi connectivity index (χ0) is 25.9. The fourth-order valence-corrected chi connectivity index (χ4v) is 20.2. The molecule has 186 valence electrons. The van der Waals surface area contributed by atoms with Gasteiger partial charge in [0, 0.05) is 10.7 Å². The van der Waals surface area contributed by atoms with Crippen molar-refractivity contribution in [3.8, 4) is 0 Å². The fraction of sp³-hybridized carbons (Fsp3) is 0.385. The number of Topliss-reactive ketones (excluding diaryl/α,β-unsaturated/α-hetero) is 1. The molecule has 35 heavy (non-hydrogen) atoms. The van der Waals surface area contributed by atoms with Crippen LogP contribution in [0.4, 0.5) is 0 Å². The summed E-state index contributed by atoms with van der Waals surface area (Å²) in [4.78, 5) is 28.4. The molecule has 0 spiro atoms. The largest absolute Gasteiger partial charge is 0.335 e. The molecule has 3 aromatic rings. The van der Waals surface area contributed by atoms with Gasteiger partial charge in [-0.25, -0.2) is 12.4 Å². The van der Waals surface area contributed by atoms with Gasteiger partial charge < -0.3 is 4.90 Å². The van der Waals surface area contributed by atoms with Crippen molar-refractivity contribution in [1.82, 2.24) is 8.87 Å². The molecule has 0 N–H and O–H groups in total. The van der Waals surface area contributed by atoms with E-state index < -0.39 is 38.1 Å². The van der Waals surface area contributed by atoms with Crippen molar-refractivity contribution in [2.45, 2.75) is 62.4 Å². The van der Waals surface area contributed by atoms with Gasteiger partial charge in [-0.1, -0.05) is 75.7 Å². The van der Waals surface area contributed by atoms with Gasteiger partial charge in [0.25, 0.3) is 10.0 Å². The highest BCUT2D eigenvalue weighted by Gasteiger charge is 2.59. The van der Waals surface area contributed by atoms with Crippen LogP contribution in [0.2, 0.25) is 39.3 Å². The highest BCUT2D eigenvalue weighted by molar-refractivity contribution is 7.90. The Morgan fingerprint density at radius 3 is 1.97 bits per heavy atom. The summed E-state index contributed by atoms with van der Waals surface area (Å²) < 4.78 is 29.4. The van der Waals surface area contributed by atoms with Crippen LogP contribution in [0.15, 0.2) is 65.6 Å². The zero-order valence-electron chi connectivity index (χ0n) is 21.4. The minimum absolute atomic E-state index is 0.0500. The van der Waals surface area contributed by atoms with Crippen LogP contribution < -0.4 is 0 Å². The van der Waals surface area contributed by atoms with Crippen molar-refractivity contribution >= 4 is 48.8 Å². The van der Waals surface area contributed by atoms with Crippen molar-refractivity contribution in [2.75, 3.05) is 0 Å². The summed E-state index contributed by atoms with van der Waals surface area (Å²) >= 11 is 0. The first kappa shape index (κ1) is 25.6. The highest BCUT2D eigenvalue weighted by Crippen LogP contribution is 2.47. The molecule has 0 bridgehead atoms. The molecule has 0 saturated carbocycles. The lowest BCUT2D eigenvalue weighted by Gasteiger charge is -2.57. The summed E-state index contributed by atoms with van der Waals surface area (Å²) in [7, 11) is -7.78. The Bertz CT molecular complexity index is 1390. The number of fused-ring (bicyclic) bond motifs is 1. The standard InChI is InChI=1S/C26H34N2O4SSi2/c1-18(29)23-24(27(25(23)30)26(34(2,3)4)35(5,6)7)22-17-19-13-11-12-16-21(19)28(22)33(31,32)20-14-9-8-10-15-20/h8-17,23-24,26H,1-7H3/t23-,24-/m0/s1. The second kappa shape index (κ2) is 8.56. The molecule has 1 fully saturated rings. The average molecular weight is 527 g/mol. The van der Waals surface area contributed by atoms with E-state index in [9.17, 15) is 18.0 Å². The van der Waals surface area contributed by atoms with Crippen LogP contribution in [0.5, 0.6) is 0 Å². The number of hydrogen-bond acceptors (Lipinski definition) is 4. The van der Waals surface area contributed by atoms with Crippen LogP contribution in [0.3, 0.4) is 0 Å². The van der Waals surface area contributed by atoms with Gasteiger partial charge in [-0.05, 0) is 31.2 Å². The van der Waals surface area contributed by atoms with E-state index in [1.165, 1.54) is 10.9 Å². The van der Waals surface area contributed by atoms with Gasteiger partial charge in [0.05, 0.1) is 38.3 Å². The van der Waals surface area contributed by atoms with Gasteiger partial charge in [0.2, 0.25) is 5.91 Å². The van der Waals surface area contributed by atoms with Crippen LogP contribution >= 0.6 is 0 Å². The Balaban J connectivity index is 2.02. The lowest BCUT2D eigenvalue weighted by atomic mass is 9.83. The minimum Gasteiger partial charge on any atom is -0.335 e. The van der Waals surface area contributed by atoms with Gasteiger partial charge in [-0.3, -0.25) is 9.59 Å². The molecule has 1 aromatic heterocycles. The molecule has 1 amide bonds. The van der Waals surface area contributed by atoms with Crippen molar-refractivity contribution in [3.05, 3.63) is 66.4 Å². The molecule has 0 unspecified atom stereocenters. The van der Waals surface area contributed by atoms with Crippen molar-refractivity contribution in [2.24, 2.45) is 5.92 Å². The molecule has 1 aliphatic heterocycles. The van der Waals surface area contributed by atoms with E-state index in [-0.39, 0.29) is 21.9 Å². The number of nitrogens with zero attached hydrogens (tertiary/aromatic N) is 2. The molecular formula is C26H34N2O4SSi2. The molecule has 1 aliphatic rings.